The van der Waals surface area contributed by atoms with Gasteiger partial charge in [0.1, 0.15) is 0 Å². The molecule has 112 valence electrons. The lowest BCUT2D eigenvalue weighted by molar-refractivity contribution is 0.297. The van der Waals surface area contributed by atoms with E-state index in [0.29, 0.717) is 6.61 Å². The molecule has 0 saturated carbocycles. The highest BCUT2D eigenvalue weighted by Crippen LogP contribution is 2.28. The largest absolute Gasteiger partial charge is 0.493 e. The molecule has 3 heteroatoms. The zero-order valence-corrected chi connectivity index (χ0v) is 13.4. The number of rotatable bonds is 7. The highest BCUT2D eigenvalue weighted by molar-refractivity contribution is 5.43. The molecule has 0 spiro atoms. The van der Waals surface area contributed by atoms with E-state index in [4.69, 9.17) is 9.47 Å². The van der Waals surface area contributed by atoms with Crippen LogP contribution in [0.15, 0.2) is 30.4 Å². The van der Waals surface area contributed by atoms with Gasteiger partial charge in [-0.3, -0.25) is 0 Å². The number of hydrogen-bond donors (Lipinski definition) is 1. The summed E-state index contributed by atoms with van der Waals surface area (Å²) in [5.41, 5.74) is 2.40. The first kappa shape index (κ1) is 16.6. The summed E-state index contributed by atoms with van der Waals surface area (Å²) in [6, 6.07) is 6.05. The van der Waals surface area contributed by atoms with E-state index in [-0.39, 0.29) is 5.54 Å². The molecule has 1 N–H and O–H groups in total. The van der Waals surface area contributed by atoms with Crippen LogP contribution in [0.3, 0.4) is 0 Å². The predicted molar refractivity (Wildman–Crippen MR) is 84.5 cm³/mol. The minimum atomic E-state index is 0.0981. The van der Waals surface area contributed by atoms with Gasteiger partial charge in [0.25, 0.3) is 0 Å². The molecule has 0 unspecified atom stereocenters. The Morgan fingerprint density at radius 3 is 2.50 bits per heavy atom. The lowest BCUT2D eigenvalue weighted by Crippen LogP contribution is -2.35. The van der Waals surface area contributed by atoms with Crippen molar-refractivity contribution in [2.75, 3.05) is 13.7 Å². The first-order valence-electron chi connectivity index (χ1n) is 7.01. The molecule has 0 saturated heterocycles. The Morgan fingerprint density at radius 2 is 1.95 bits per heavy atom. The quantitative estimate of drug-likeness (QED) is 0.766. The van der Waals surface area contributed by atoms with Crippen LogP contribution in [0, 0.1) is 0 Å². The first-order chi connectivity index (χ1) is 9.31. The third-order valence-corrected chi connectivity index (χ3v) is 2.84. The summed E-state index contributed by atoms with van der Waals surface area (Å²) in [4.78, 5) is 0. The Bertz CT molecular complexity index is 447. The number of benzene rings is 1. The molecule has 3 nitrogen and oxygen atoms in total. The number of hydrogen-bond acceptors (Lipinski definition) is 3. The molecule has 0 atom stereocenters. The number of methoxy groups -OCH3 is 1. The van der Waals surface area contributed by atoms with Crippen molar-refractivity contribution in [3.8, 4) is 11.5 Å². The van der Waals surface area contributed by atoms with Crippen LogP contribution in [0.2, 0.25) is 0 Å². The van der Waals surface area contributed by atoms with Crippen molar-refractivity contribution in [1.29, 1.82) is 0 Å². The Kier molecular flexibility index (Phi) is 6.08. The Hall–Kier alpha value is -1.48. The molecule has 20 heavy (non-hydrogen) atoms. The minimum Gasteiger partial charge on any atom is -0.493 e. The van der Waals surface area contributed by atoms with Crippen molar-refractivity contribution in [3.63, 3.8) is 0 Å². The van der Waals surface area contributed by atoms with Crippen molar-refractivity contribution in [3.05, 3.63) is 35.9 Å². The molecule has 0 aromatic heterocycles. The van der Waals surface area contributed by atoms with Gasteiger partial charge in [-0.25, -0.2) is 0 Å². The summed E-state index contributed by atoms with van der Waals surface area (Å²) in [5, 5.41) is 3.47. The maximum Gasteiger partial charge on any atom is 0.161 e. The maximum atomic E-state index is 5.80. The van der Waals surface area contributed by atoms with E-state index in [1.54, 1.807) is 7.11 Å². The topological polar surface area (TPSA) is 30.5 Å². The smallest absolute Gasteiger partial charge is 0.161 e. The number of ether oxygens (including phenoxy) is 2. The van der Waals surface area contributed by atoms with E-state index in [1.165, 1.54) is 5.56 Å². The molecular formula is C17H27NO2. The summed E-state index contributed by atoms with van der Waals surface area (Å²) in [7, 11) is 1.66. The molecule has 0 fully saturated rings. The van der Waals surface area contributed by atoms with Crippen LogP contribution in [-0.4, -0.2) is 19.3 Å². The lowest BCUT2D eigenvalue weighted by Gasteiger charge is -2.21. The van der Waals surface area contributed by atoms with Gasteiger partial charge in [0.05, 0.1) is 13.7 Å². The van der Waals surface area contributed by atoms with Crippen molar-refractivity contribution in [2.45, 2.75) is 46.2 Å². The van der Waals surface area contributed by atoms with Crippen LogP contribution in [0.25, 0.3) is 0 Å². The standard InChI is InChI=1S/C17H27NO2/c1-13(2)9-10-20-16-11-14(7-8-15(16)19-6)12-18-17(3,4)5/h7-8,11,18H,1,9-10,12H2,2-6H3. The van der Waals surface area contributed by atoms with E-state index in [0.717, 1.165) is 30.0 Å². The summed E-state index contributed by atoms with van der Waals surface area (Å²) in [5.74, 6) is 1.56. The summed E-state index contributed by atoms with van der Waals surface area (Å²) in [6.45, 7) is 13.8. The van der Waals surface area contributed by atoms with Crippen molar-refractivity contribution in [2.24, 2.45) is 0 Å². The second kappa shape index (κ2) is 7.34. The summed E-state index contributed by atoms with van der Waals surface area (Å²) < 4.78 is 11.1. The van der Waals surface area contributed by atoms with Gasteiger partial charge in [-0.15, -0.1) is 6.58 Å². The van der Waals surface area contributed by atoms with Gasteiger partial charge in [-0.2, -0.15) is 0 Å². The zero-order valence-electron chi connectivity index (χ0n) is 13.4. The fourth-order valence-electron chi connectivity index (χ4n) is 1.65. The van der Waals surface area contributed by atoms with Crippen LogP contribution >= 0.6 is 0 Å². The molecule has 0 amide bonds. The Labute approximate surface area is 123 Å². The minimum absolute atomic E-state index is 0.0981. The first-order valence-corrected chi connectivity index (χ1v) is 7.01. The van der Waals surface area contributed by atoms with E-state index >= 15 is 0 Å². The van der Waals surface area contributed by atoms with E-state index in [1.807, 2.05) is 19.1 Å². The van der Waals surface area contributed by atoms with Gasteiger partial charge in [0.2, 0.25) is 0 Å². The molecule has 0 aliphatic carbocycles. The normalized spacial score (nSPS) is 11.2. The molecule has 0 heterocycles. The van der Waals surface area contributed by atoms with Crippen LogP contribution in [0.1, 0.15) is 39.7 Å². The van der Waals surface area contributed by atoms with Gasteiger partial charge >= 0.3 is 0 Å². The Morgan fingerprint density at radius 1 is 1.25 bits per heavy atom. The summed E-state index contributed by atoms with van der Waals surface area (Å²) >= 11 is 0. The third-order valence-electron chi connectivity index (χ3n) is 2.84. The molecule has 0 aliphatic rings. The molecule has 0 bridgehead atoms. The van der Waals surface area contributed by atoms with Crippen LogP contribution < -0.4 is 14.8 Å². The lowest BCUT2D eigenvalue weighted by atomic mass is 10.1. The van der Waals surface area contributed by atoms with Crippen LogP contribution in [-0.2, 0) is 6.54 Å². The van der Waals surface area contributed by atoms with Gasteiger partial charge in [0.15, 0.2) is 11.5 Å². The highest BCUT2D eigenvalue weighted by atomic mass is 16.5. The second-order valence-corrected chi connectivity index (χ2v) is 6.14. The fourth-order valence-corrected chi connectivity index (χ4v) is 1.65. The fraction of sp³-hybridized carbons (Fsp3) is 0.529. The van der Waals surface area contributed by atoms with Crippen molar-refractivity contribution < 1.29 is 9.47 Å². The maximum absolute atomic E-state index is 5.80. The zero-order chi connectivity index (χ0) is 15.2. The Balaban J connectivity index is 2.72. The second-order valence-electron chi connectivity index (χ2n) is 6.14. The summed E-state index contributed by atoms with van der Waals surface area (Å²) in [6.07, 6.45) is 0.855. The highest BCUT2D eigenvalue weighted by Gasteiger charge is 2.10. The van der Waals surface area contributed by atoms with Gasteiger partial charge < -0.3 is 14.8 Å². The van der Waals surface area contributed by atoms with Crippen LogP contribution in [0.4, 0.5) is 0 Å². The molecule has 1 aromatic carbocycles. The van der Waals surface area contributed by atoms with Crippen LogP contribution in [0.5, 0.6) is 11.5 Å². The average molecular weight is 277 g/mol. The predicted octanol–water partition coefficient (Wildman–Crippen LogP) is 3.93. The third kappa shape index (κ3) is 6.11. The number of nitrogens with one attached hydrogen (secondary N) is 1. The van der Waals surface area contributed by atoms with Crippen molar-refractivity contribution in [1.82, 2.24) is 5.32 Å². The molecular weight excluding hydrogens is 250 g/mol. The van der Waals surface area contributed by atoms with Crippen molar-refractivity contribution >= 4 is 0 Å². The molecule has 0 aliphatic heterocycles. The van der Waals surface area contributed by atoms with Gasteiger partial charge in [-0.1, -0.05) is 11.6 Å². The molecule has 0 radical (unpaired) electrons. The average Bonchev–Trinajstić information content (AvgIpc) is 2.35. The molecule has 1 aromatic rings. The SMILES string of the molecule is C=C(C)CCOc1cc(CNC(C)(C)C)ccc1OC. The monoisotopic (exact) mass is 277 g/mol. The van der Waals surface area contributed by atoms with Gasteiger partial charge in [-0.05, 0) is 45.4 Å². The van der Waals surface area contributed by atoms with E-state index in [9.17, 15) is 0 Å². The molecule has 1 rings (SSSR count). The van der Waals surface area contributed by atoms with E-state index < -0.39 is 0 Å². The van der Waals surface area contributed by atoms with Gasteiger partial charge in [0, 0.05) is 18.5 Å². The van der Waals surface area contributed by atoms with E-state index in [2.05, 4.69) is 38.7 Å².